The lowest BCUT2D eigenvalue weighted by Crippen LogP contribution is -2.28. The van der Waals surface area contributed by atoms with Gasteiger partial charge in [-0.3, -0.25) is 4.79 Å². The second kappa shape index (κ2) is 11.0. The molecular weight excluding hydrogens is 428 g/mol. The number of methoxy groups -OCH3 is 2. The molecule has 1 aromatic heterocycles. The van der Waals surface area contributed by atoms with Gasteiger partial charge in [-0.25, -0.2) is 9.78 Å². The molecule has 0 saturated heterocycles. The van der Waals surface area contributed by atoms with Crippen molar-refractivity contribution in [2.75, 3.05) is 31.4 Å². The number of amides is 3. The second-order valence-electron chi connectivity index (χ2n) is 6.64. The van der Waals surface area contributed by atoms with Crippen molar-refractivity contribution in [2.24, 2.45) is 0 Å². The molecule has 0 spiro atoms. The Morgan fingerprint density at radius 3 is 2.38 bits per heavy atom. The van der Waals surface area contributed by atoms with E-state index in [1.54, 1.807) is 44.6 Å². The maximum atomic E-state index is 12.4. The molecule has 3 amide bonds. The first kappa shape index (κ1) is 22.8. The lowest BCUT2D eigenvalue weighted by atomic mass is 10.2. The zero-order valence-corrected chi connectivity index (χ0v) is 18.6. The van der Waals surface area contributed by atoms with E-state index in [4.69, 9.17) is 9.47 Å². The number of benzene rings is 2. The number of nitrogens with zero attached hydrogens (tertiary/aromatic N) is 1. The third-order valence-corrected chi connectivity index (χ3v) is 5.30. The first-order valence-corrected chi connectivity index (χ1v) is 10.6. The average molecular weight is 453 g/mol. The molecular formula is C23H24N4O4S. The summed E-state index contributed by atoms with van der Waals surface area (Å²) in [5.74, 6) is 1.08. The van der Waals surface area contributed by atoms with Gasteiger partial charge in [-0.1, -0.05) is 6.08 Å². The highest BCUT2D eigenvalue weighted by Gasteiger charge is 2.12. The van der Waals surface area contributed by atoms with Crippen LogP contribution in [0.5, 0.6) is 11.5 Å². The lowest BCUT2D eigenvalue weighted by molar-refractivity contribution is -0.115. The van der Waals surface area contributed by atoms with Crippen molar-refractivity contribution in [1.29, 1.82) is 0 Å². The Labute approximate surface area is 190 Å². The van der Waals surface area contributed by atoms with Crippen molar-refractivity contribution < 1.29 is 19.1 Å². The van der Waals surface area contributed by atoms with Gasteiger partial charge in [0, 0.05) is 28.9 Å². The maximum absolute atomic E-state index is 12.4. The fourth-order valence-electron chi connectivity index (χ4n) is 2.84. The minimum Gasteiger partial charge on any atom is -0.493 e. The molecule has 0 aliphatic carbocycles. The predicted octanol–water partition coefficient (Wildman–Crippen LogP) is 4.32. The van der Waals surface area contributed by atoms with Crippen LogP contribution in [-0.4, -0.2) is 37.7 Å². The zero-order valence-electron chi connectivity index (χ0n) is 17.8. The standard InChI is InChI=1S/C23H24N4O4S/c1-4-11-24-23(29)27-17-8-6-16(7-9-17)25-21(28)13-18-14-32-22(26-18)15-5-10-19(30-2)20(12-15)31-3/h4-10,12,14H,1,11,13H2,2-3H3,(H,25,28)(H2,24,27,29). The lowest BCUT2D eigenvalue weighted by Gasteiger charge is -2.08. The van der Waals surface area contributed by atoms with Gasteiger partial charge in [0.2, 0.25) is 5.91 Å². The molecule has 3 rings (SSSR count). The molecule has 0 radical (unpaired) electrons. The quantitative estimate of drug-likeness (QED) is 0.420. The molecule has 1 heterocycles. The molecule has 0 aliphatic heterocycles. The summed E-state index contributed by atoms with van der Waals surface area (Å²) in [4.78, 5) is 28.6. The minimum atomic E-state index is -0.324. The number of carbonyl (C=O) groups excluding carboxylic acids is 2. The number of urea groups is 1. The van der Waals surface area contributed by atoms with Gasteiger partial charge in [0.05, 0.1) is 26.3 Å². The monoisotopic (exact) mass is 452 g/mol. The van der Waals surface area contributed by atoms with Gasteiger partial charge in [0.1, 0.15) is 5.01 Å². The van der Waals surface area contributed by atoms with Crippen LogP contribution in [0.2, 0.25) is 0 Å². The van der Waals surface area contributed by atoms with Gasteiger partial charge in [0.15, 0.2) is 11.5 Å². The van der Waals surface area contributed by atoms with Crippen LogP contribution in [0.4, 0.5) is 16.2 Å². The van der Waals surface area contributed by atoms with Gasteiger partial charge in [-0.2, -0.15) is 0 Å². The van der Waals surface area contributed by atoms with Crippen LogP contribution in [0.3, 0.4) is 0 Å². The third-order valence-electron chi connectivity index (χ3n) is 4.36. The normalized spacial score (nSPS) is 10.2. The Bertz CT molecular complexity index is 1100. The number of anilines is 2. The molecule has 0 atom stereocenters. The summed E-state index contributed by atoms with van der Waals surface area (Å²) in [6.45, 7) is 3.92. The molecule has 0 saturated carbocycles. The first-order chi connectivity index (χ1) is 15.5. The molecule has 0 bridgehead atoms. The van der Waals surface area contributed by atoms with Crippen LogP contribution in [-0.2, 0) is 11.2 Å². The Morgan fingerprint density at radius 1 is 1.03 bits per heavy atom. The molecule has 2 aromatic carbocycles. The smallest absolute Gasteiger partial charge is 0.319 e. The van der Waals surface area contributed by atoms with Crippen LogP contribution in [0.15, 0.2) is 60.5 Å². The van der Waals surface area contributed by atoms with Gasteiger partial charge in [0.25, 0.3) is 0 Å². The number of aromatic nitrogens is 1. The van der Waals surface area contributed by atoms with Crippen molar-refractivity contribution in [3.05, 3.63) is 66.2 Å². The molecule has 8 nitrogen and oxygen atoms in total. The van der Waals surface area contributed by atoms with E-state index in [2.05, 4.69) is 27.5 Å². The number of hydrogen-bond acceptors (Lipinski definition) is 6. The van der Waals surface area contributed by atoms with E-state index in [-0.39, 0.29) is 18.4 Å². The number of rotatable bonds is 9. The summed E-state index contributed by atoms with van der Waals surface area (Å²) in [5, 5.41) is 10.8. The molecule has 166 valence electrons. The van der Waals surface area contributed by atoms with E-state index < -0.39 is 0 Å². The number of nitrogens with one attached hydrogen (secondary N) is 3. The van der Waals surface area contributed by atoms with E-state index in [1.165, 1.54) is 11.3 Å². The molecule has 3 N–H and O–H groups in total. The topological polar surface area (TPSA) is 102 Å². The zero-order chi connectivity index (χ0) is 22.9. The Kier molecular flexibility index (Phi) is 7.82. The molecule has 0 unspecified atom stereocenters. The number of thiazole rings is 1. The van der Waals surface area contributed by atoms with Crippen LogP contribution >= 0.6 is 11.3 Å². The summed E-state index contributed by atoms with van der Waals surface area (Å²) >= 11 is 1.46. The highest BCUT2D eigenvalue weighted by molar-refractivity contribution is 7.13. The number of carbonyl (C=O) groups is 2. The largest absolute Gasteiger partial charge is 0.493 e. The summed E-state index contributed by atoms with van der Waals surface area (Å²) in [6.07, 6.45) is 1.74. The molecule has 0 fully saturated rings. The van der Waals surface area contributed by atoms with E-state index in [0.717, 1.165) is 10.6 Å². The van der Waals surface area contributed by atoms with E-state index in [0.29, 0.717) is 35.1 Å². The third kappa shape index (κ3) is 6.08. The molecule has 3 aromatic rings. The Hall–Kier alpha value is -3.85. The summed E-state index contributed by atoms with van der Waals surface area (Å²) in [6, 6.07) is 12.1. The van der Waals surface area contributed by atoms with Gasteiger partial charge in [-0.15, -0.1) is 17.9 Å². The predicted molar refractivity (Wildman–Crippen MR) is 127 cm³/mol. The maximum Gasteiger partial charge on any atom is 0.319 e. The van der Waals surface area contributed by atoms with Gasteiger partial charge < -0.3 is 25.4 Å². The molecule has 0 aliphatic rings. The Balaban J connectivity index is 1.57. The van der Waals surface area contributed by atoms with Crippen LogP contribution < -0.4 is 25.4 Å². The highest BCUT2D eigenvalue weighted by atomic mass is 32.1. The average Bonchev–Trinajstić information content (AvgIpc) is 3.26. The van der Waals surface area contributed by atoms with Gasteiger partial charge >= 0.3 is 6.03 Å². The molecule has 32 heavy (non-hydrogen) atoms. The van der Waals surface area contributed by atoms with Gasteiger partial charge in [-0.05, 0) is 42.5 Å². The fourth-order valence-corrected chi connectivity index (χ4v) is 3.65. The van der Waals surface area contributed by atoms with Crippen molar-refractivity contribution in [3.63, 3.8) is 0 Å². The van der Waals surface area contributed by atoms with Crippen molar-refractivity contribution in [1.82, 2.24) is 10.3 Å². The second-order valence-corrected chi connectivity index (χ2v) is 7.50. The van der Waals surface area contributed by atoms with Crippen LogP contribution in [0, 0.1) is 0 Å². The number of hydrogen-bond donors (Lipinski definition) is 3. The Morgan fingerprint density at radius 2 is 1.72 bits per heavy atom. The fraction of sp³-hybridized carbons (Fsp3) is 0.174. The van der Waals surface area contributed by atoms with Crippen LogP contribution in [0.1, 0.15) is 5.69 Å². The summed E-state index contributed by atoms with van der Waals surface area (Å²) < 4.78 is 10.6. The highest BCUT2D eigenvalue weighted by Crippen LogP contribution is 2.33. The minimum absolute atomic E-state index is 0.147. The molecule has 9 heteroatoms. The van der Waals surface area contributed by atoms with E-state index in [1.807, 2.05) is 23.6 Å². The van der Waals surface area contributed by atoms with E-state index in [9.17, 15) is 9.59 Å². The van der Waals surface area contributed by atoms with Crippen LogP contribution in [0.25, 0.3) is 10.6 Å². The first-order valence-electron chi connectivity index (χ1n) is 9.75. The summed E-state index contributed by atoms with van der Waals surface area (Å²) in [5.41, 5.74) is 2.81. The van der Waals surface area contributed by atoms with Crippen molar-refractivity contribution in [2.45, 2.75) is 6.42 Å². The summed E-state index contributed by atoms with van der Waals surface area (Å²) in [7, 11) is 3.17. The number of ether oxygens (including phenoxy) is 2. The SMILES string of the molecule is C=CCNC(=O)Nc1ccc(NC(=O)Cc2csc(-c3ccc(OC)c(OC)c3)n2)cc1. The van der Waals surface area contributed by atoms with E-state index >= 15 is 0 Å². The van der Waals surface area contributed by atoms with Crippen molar-refractivity contribution in [3.8, 4) is 22.1 Å². The van der Waals surface area contributed by atoms with Crippen molar-refractivity contribution >= 4 is 34.6 Å².